The number of nitrogens with two attached hydrogens (primary N) is 1. The maximum atomic E-state index is 12.2. The van der Waals surface area contributed by atoms with Crippen molar-refractivity contribution in [3.05, 3.63) is 59.7 Å². The van der Waals surface area contributed by atoms with E-state index in [1.807, 2.05) is 62.4 Å². The van der Waals surface area contributed by atoms with Crippen LogP contribution in [-0.4, -0.2) is 25.7 Å². The van der Waals surface area contributed by atoms with Crippen molar-refractivity contribution in [3.8, 4) is 11.5 Å². The molecule has 0 aliphatic rings. The highest BCUT2D eigenvalue weighted by Gasteiger charge is 2.14. The van der Waals surface area contributed by atoms with Crippen molar-refractivity contribution < 1.29 is 14.3 Å². The van der Waals surface area contributed by atoms with Gasteiger partial charge < -0.3 is 20.5 Å². The average molecular weight is 379 g/mol. The third-order valence-corrected chi connectivity index (χ3v) is 3.76. The zero-order valence-electron chi connectivity index (χ0n) is 15.2. The van der Waals surface area contributed by atoms with Gasteiger partial charge in [0, 0.05) is 6.54 Å². The van der Waals surface area contributed by atoms with Gasteiger partial charge in [-0.15, -0.1) is 12.4 Å². The fourth-order valence-corrected chi connectivity index (χ4v) is 2.50. The lowest BCUT2D eigenvalue weighted by Crippen LogP contribution is -2.35. The molecule has 0 radical (unpaired) electrons. The van der Waals surface area contributed by atoms with E-state index >= 15 is 0 Å². The van der Waals surface area contributed by atoms with Crippen LogP contribution < -0.4 is 20.5 Å². The third-order valence-electron chi connectivity index (χ3n) is 3.76. The normalized spacial score (nSPS) is 11.2. The highest BCUT2D eigenvalue weighted by atomic mass is 35.5. The topological polar surface area (TPSA) is 73.6 Å². The van der Waals surface area contributed by atoms with Crippen LogP contribution in [0.5, 0.6) is 11.5 Å². The van der Waals surface area contributed by atoms with Gasteiger partial charge in [-0.2, -0.15) is 0 Å². The summed E-state index contributed by atoms with van der Waals surface area (Å²) in [6.45, 7) is 5.56. The van der Waals surface area contributed by atoms with Crippen LogP contribution in [0.3, 0.4) is 0 Å². The predicted molar refractivity (Wildman–Crippen MR) is 106 cm³/mol. The van der Waals surface area contributed by atoms with Gasteiger partial charge in [0.2, 0.25) is 5.91 Å². The molecule has 6 heteroatoms. The quantitative estimate of drug-likeness (QED) is 0.702. The molecule has 0 fully saturated rings. The van der Waals surface area contributed by atoms with E-state index in [1.54, 1.807) is 0 Å². The maximum Gasteiger partial charge on any atom is 0.241 e. The summed E-state index contributed by atoms with van der Waals surface area (Å²) in [7, 11) is 0. The van der Waals surface area contributed by atoms with E-state index in [4.69, 9.17) is 15.2 Å². The van der Waals surface area contributed by atoms with Crippen molar-refractivity contribution in [2.45, 2.75) is 26.3 Å². The molecule has 2 rings (SSSR count). The number of nitrogens with one attached hydrogen (secondary N) is 1. The number of rotatable bonds is 9. The summed E-state index contributed by atoms with van der Waals surface area (Å²) in [5.41, 5.74) is 7.86. The molecule has 0 bridgehead atoms. The van der Waals surface area contributed by atoms with Crippen molar-refractivity contribution >= 4 is 18.3 Å². The summed E-state index contributed by atoms with van der Waals surface area (Å²) in [6, 6.07) is 14.5. The maximum absolute atomic E-state index is 12.2. The van der Waals surface area contributed by atoms with Gasteiger partial charge in [0.1, 0.15) is 6.04 Å². The first-order valence-electron chi connectivity index (χ1n) is 8.62. The first kappa shape index (κ1) is 21.8. The Bertz CT molecular complexity index is 680. The lowest BCUT2D eigenvalue weighted by Gasteiger charge is -2.14. The second-order valence-electron chi connectivity index (χ2n) is 5.58. The van der Waals surface area contributed by atoms with Gasteiger partial charge in [-0.1, -0.05) is 36.4 Å². The highest BCUT2D eigenvalue weighted by Crippen LogP contribution is 2.28. The second kappa shape index (κ2) is 11.4. The van der Waals surface area contributed by atoms with E-state index in [0.717, 1.165) is 22.6 Å². The SMILES string of the molecule is CCOc1ccc(CCNC(=O)C(N)c2ccccc2)cc1OCC.Cl. The molecular weight excluding hydrogens is 352 g/mol. The number of hydrogen-bond acceptors (Lipinski definition) is 4. The minimum absolute atomic E-state index is 0. The van der Waals surface area contributed by atoms with Crippen LogP contribution in [0.1, 0.15) is 31.0 Å². The molecule has 1 atom stereocenters. The molecular formula is C20H27ClN2O3. The molecule has 1 amide bonds. The molecule has 0 heterocycles. The number of amides is 1. The third kappa shape index (κ3) is 6.24. The Labute approximate surface area is 161 Å². The second-order valence-corrected chi connectivity index (χ2v) is 5.58. The Hall–Kier alpha value is -2.24. The van der Waals surface area contributed by atoms with E-state index in [0.29, 0.717) is 26.2 Å². The van der Waals surface area contributed by atoms with E-state index in [-0.39, 0.29) is 18.3 Å². The molecule has 26 heavy (non-hydrogen) atoms. The van der Waals surface area contributed by atoms with E-state index in [9.17, 15) is 4.79 Å². The molecule has 0 aliphatic heterocycles. The molecule has 0 aliphatic carbocycles. The Kier molecular flexibility index (Phi) is 9.55. The van der Waals surface area contributed by atoms with Crippen LogP contribution in [0, 0.1) is 0 Å². The molecule has 0 saturated carbocycles. The Balaban J connectivity index is 0.00000338. The number of halogens is 1. The molecule has 2 aromatic carbocycles. The van der Waals surface area contributed by atoms with Crippen LogP contribution in [0.25, 0.3) is 0 Å². The van der Waals surface area contributed by atoms with Crippen LogP contribution >= 0.6 is 12.4 Å². The molecule has 0 aromatic heterocycles. The number of ether oxygens (including phenoxy) is 2. The van der Waals surface area contributed by atoms with Crippen molar-refractivity contribution in [2.24, 2.45) is 5.73 Å². The highest BCUT2D eigenvalue weighted by molar-refractivity contribution is 5.85. The van der Waals surface area contributed by atoms with Gasteiger partial charge >= 0.3 is 0 Å². The number of carbonyl (C=O) groups is 1. The summed E-state index contributed by atoms with van der Waals surface area (Å²) in [5.74, 6) is 1.29. The largest absolute Gasteiger partial charge is 0.490 e. The zero-order valence-corrected chi connectivity index (χ0v) is 16.1. The molecule has 0 spiro atoms. The summed E-state index contributed by atoms with van der Waals surface area (Å²) in [4.78, 5) is 12.2. The number of benzene rings is 2. The smallest absolute Gasteiger partial charge is 0.241 e. The lowest BCUT2D eigenvalue weighted by molar-refractivity contribution is -0.122. The van der Waals surface area contributed by atoms with Crippen LogP contribution in [0.2, 0.25) is 0 Å². The van der Waals surface area contributed by atoms with Gasteiger partial charge in [0.15, 0.2) is 11.5 Å². The number of hydrogen-bond donors (Lipinski definition) is 2. The van der Waals surface area contributed by atoms with Gasteiger partial charge in [-0.25, -0.2) is 0 Å². The van der Waals surface area contributed by atoms with E-state index in [1.165, 1.54) is 0 Å². The van der Waals surface area contributed by atoms with Crippen molar-refractivity contribution in [1.82, 2.24) is 5.32 Å². The lowest BCUT2D eigenvalue weighted by atomic mass is 10.1. The summed E-state index contributed by atoms with van der Waals surface area (Å²) in [5, 5.41) is 2.88. The minimum Gasteiger partial charge on any atom is -0.490 e. The fraction of sp³-hybridized carbons (Fsp3) is 0.350. The molecule has 2 aromatic rings. The van der Waals surface area contributed by atoms with Crippen LogP contribution in [-0.2, 0) is 11.2 Å². The summed E-state index contributed by atoms with van der Waals surface area (Å²) >= 11 is 0. The summed E-state index contributed by atoms with van der Waals surface area (Å²) in [6.07, 6.45) is 0.694. The monoisotopic (exact) mass is 378 g/mol. The first-order valence-corrected chi connectivity index (χ1v) is 8.62. The van der Waals surface area contributed by atoms with Crippen LogP contribution in [0.15, 0.2) is 48.5 Å². The molecule has 5 nitrogen and oxygen atoms in total. The standard InChI is InChI=1S/C20H26N2O3.ClH/c1-3-24-17-11-10-15(14-18(17)25-4-2)12-13-22-20(23)19(21)16-8-6-5-7-9-16;/h5-11,14,19H,3-4,12-13,21H2,1-2H3,(H,22,23);1H. The average Bonchev–Trinajstić information content (AvgIpc) is 2.64. The summed E-state index contributed by atoms with van der Waals surface area (Å²) < 4.78 is 11.2. The van der Waals surface area contributed by atoms with E-state index < -0.39 is 6.04 Å². The van der Waals surface area contributed by atoms with Crippen LogP contribution in [0.4, 0.5) is 0 Å². The van der Waals surface area contributed by atoms with Crippen molar-refractivity contribution in [3.63, 3.8) is 0 Å². The van der Waals surface area contributed by atoms with Gasteiger partial charge in [0.25, 0.3) is 0 Å². The molecule has 3 N–H and O–H groups in total. The number of carbonyl (C=O) groups excluding carboxylic acids is 1. The Morgan fingerprint density at radius 3 is 2.35 bits per heavy atom. The predicted octanol–water partition coefficient (Wildman–Crippen LogP) is 3.26. The van der Waals surface area contributed by atoms with Gasteiger partial charge in [-0.3, -0.25) is 4.79 Å². The first-order chi connectivity index (χ1) is 12.2. The molecule has 142 valence electrons. The minimum atomic E-state index is -0.652. The van der Waals surface area contributed by atoms with Crippen molar-refractivity contribution in [1.29, 1.82) is 0 Å². The van der Waals surface area contributed by atoms with E-state index in [2.05, 4.69) is 5.32 Å². The molecule has 1 unspecified atom stereocenters. The van der Waals surface area contributed by atoms with Crippen molar-refractivity contribution in [2.75, 3.05) is 19.8 Å². The van der Waals surface area contributed by atoms with Gasteiger partial charge in [-0.05, 0) is 43.5 Å². The zero-order chi connectivity index (χ0) is 18.1. The molecule has 0 saturated heterocycles. The Morgan fingerprint density at radius 2 is 1.69 bits per heavy atom. The Morgan fingerprint density at radius 1 is 1.04 bits per heavy atom. The fourth-order valence-electron chi connectivity index (χ4n) is 2.50. The van der Waals surface area contributed by atoms with Gasteiger partial charge in [0.05, 0.1) is 13.2 Å².